The highest BCUT2D eigenvalue weighted by Crippen LogP contribution is 2.29. The third kappa shape index (κ3) is 2.17. The van der Waals surface area contributed by atoms with Crippen LogP contribution in [-0.2, 0) is 0 Å². The Bertz CT molecular complexity index is 215. The van der Waals surface area contributed by atoms with Crippen molar-refractivity contribution in [3.05, 3.63) is 10.5 Å². The fourth-order valence-electron chi connectivity index (χ4n) is 0.627. The Hall–Kier alpha value is -0.610. The van der Waals surface area contributed by atoms with Crippen LogP contribution in [0.15, 0.2) is 10.5 Å². The summed E-state index contributed by atoms with van der Waals surface area (Å²) in [6.45, 7) is 3.82. The average Bonchev–Trinajstić information content (AvgIpc) is 2.22. The lowest BCUT2D eigenvalue weighted by molar-refractivity contribution is 1.44. The zero-order valence-electron chi connectivity index (χ0n) is 6.99. The van der Waals surface area contributed by atoms with Crippen LogP contribution in [0.2, 0.25) is 0 Å². The molecule has 4 heteroatoms. The monoisotopic (exact) mass is 171 g/mol. The zero-order chi connectivity index (χ0) is 9.02. The van der Waals surface area contributed by atoms with Gasteiger partial charge in [0.05, 0.1) is 5.71 Å². The molecule has 4 N–H and O–H groups in total. The quantitative estimate of drug-likeness (QED) is 0.518. The van der Waals surface area contributed by atoms with Crippen LogP contribution in [0.3, 0.4) is 0 Å². The molecule has 1 rings (SSSR count). The predicted octanol–water partition coefficient (Wildman–Crippen LogP) is 1.60. The summed E-state index contributed by atoms with van der Waals surface area (Å²) in [4.78, 5) is 1.09. The summed E-state index contributed by atoms with van der Waals surface area (Å²) in [6, 6.07) is 0. The van der Waals surface area contributed by atoms with Crippen LogP contribution in [0.1, 0.15) is 13.8 Å². The standard InChI is InChI=1S/C6H8N2S.CH5N/c1-3-4(2)9-6(8)5(3)7;1-2/h7-8H,1-2H3;2H2,1H3. The van der Waals surface area contributed by atoms with Crippen LogP contribution >= 0.6 is 11.8 Å². The molecular weight excluding hydrogens is 158 g/mol. The Labute approximate surface area is 71.1 Å². The van der Waals surface area contributed by atoms with E-state index in [9.17, 15) is 0 Å². The number of hydrogen-bond acceptors (Lipinski definition) is 4. The maximum atomic E-state index is 7.29. The Kier molecular flexibility index (Phi) is 4.07. The van der Waals surface area contributed by atoms with Crippen LogP contribution in [0, 0.1) is 10.8 Å². The number of nitrogens with two attached hydrogens (primary N) is 1. The van der Waals surface area contributed by atoms with Gasteiger partial charge in [0.25, 0.3) is 0 Å². The molecule has 1 aliphatic heterocycles. The fourth-order valence-corrected chi connectivity index (χ4v) is 1.44. The first-order valence-corrected chi connectivity index (χ1v) is 4.05. The largest absolute Gasteiger partial charge is 0.333 e. The van der Waals surface area contributed by atoms with E-state index in [0.29, 0.717) is 10.8 Å². The highest BCUT2D eigenvalue weighted by atomic mass is 32.2. The van der Waals surface area contributed by atoms with Crippen molar-refractivity contribution in [1.29, 1.82) is 10.8 Å². The van der Waals surface area contributed by atoms with E-state index in [1.54, 1.807) is 0 Å². The van der Waals surface area contributed by atoms with E-state index in [4.69, 9.17) is 10.8 Å². The predicted molar refractivity (Wildman–Crippen MR) is 51.5 cm³/mol. The molecule has 0 aromatic carbocycles. The van der Waals surface area contributed by atoms with Gasteiger partial charge in [0.2, 0.25) is 0 Å². The zero-order valence-corrected chi connectivity index (χ0v) is 7.80. The van der Waals surface area contributed by atoms with Crippen molar-refractivity contribution in [3.8, 4) is 0 Å². The minimum atomic E-state index is 0.380. The maximum absolute atomic E-state index is 7.29. The van der Waals surface area contributed by atoms with Crippen LogP contribution in [-0.4, -0.2) is 17.8 Å². The summed E-state index contributed by atoms with van der Waals surface area (Å²) in [5.74, 6) is 0. The number of rotatable bonds is 0. The van der Waals surface area contributed by atoms with E-state index in [0.717, 1.165) is 10.5 Å². The number of thioether (sulfide) groups is 1. The maximum Gasteiger partial charge on any atom is 0.117 e. The molecule has 0 fully saturated rings. The molecular formula is C7H13N3S. The van der Waals surface area contributed by atoms with Gasteiger partial charge in [0.15, 0.2) is 0 Å². The molecule has 0 aromatic rings. The van der Waals surface area contributed by atoms with Crippen molar-refractivity contribution in [3.63, 3.8) is 0 Å². The Morgan fingerprint density at radius 3 is 1.73 bits per heavy atom. The molecule has 0 radical (unpaired) electrons. The third-order valence-electron chi connectivity index (χ3n) is 1.39. The molecule has 11 heavy (non-hydrogen) atoms. The first kappa shape index (κ1) is 10.4. The second-order valence-electron chi connectivity index (χ2n) is 1.99. The van der Waals surface area contributed by atoms with Gasteiger partial charge in [-0.05, 0) is 31.4 Å². The van der Waals surface area contributed by atoms with Gasteiger partial charge < -0.3 is 5.73 Å². The van der Waals surface area contributed by atoms with Crippen molar-refractivity contribution in [1.82, 2.24) is 0 Å². The first-order chi connectivity index (χ1) is 5.13. The average molecular weight is 171 g/mol. The molecule has 62 valence electrons. The molecule has 0 unspecified atom stereocenters. The van der Waals surface area contributed by atoms with Gasteiger partial charge >= 0.3 is 0 Å². The van der Waals surface area contributed by atoms with Crippen LogP contribution in [0.5, 0.6) is 0 Å². The van der Waals surface area contributed by atoms with Gasteiger partial charge in [-0.2, -0.15) is 0 Å². The van der Waals surface area contributed by atoms with E-state index < -0.39 is 0 Å². The van der Waals surface area contributed by atoms with Crippen molar-refractivity contribution < 1.29 is 0 Å². The lowest BCUT2D eigenvalue weighted by atomic mass is 10.2. The number of nitrogens with one attached hydrogen (secondary N) is 2. The second-order valence-corrected chi connectivity index (χ2v) is 3.21. The minimum absolute atomic E-state index is 0.380. The molecule has 0 amide bonds. The molecule has 0 aliphatic carbocycles. The molecule has 1 aliphatic rings. The highest BCUT2D eigenvalue weighted by Gasteiger charge is 2.18. The molecule has 1 heterocycles. The Balaban J connectivity index is 0.000000461. The van der Waals surface area contributed by atoms with E-state index in [2.05, 4.69) is 5.73 Å². The molecule has 0 spiro atoms. The fraction of sp³-hybridized carbons (Fsp3) is 0.429. The Morgan fingerprint density at radius 2 is 1.64 bits per heavy atom. The van der Waals surface area contributed by atoms with Gasteiger partial charge in [-0.1, -0.05) is 11.8 Å². The van der Waals surface area contributed by atoms with Gasteiger partial charge in [-0.15, -0.1) is 0 Å². The van der Waals surface area contributed by atoms with Crippen LogP contribution in [0.4, 0.5) is 0 Å². The Morgan fingerprint density at radius 1 is 1.18 bits per heavy atom. The van der Waals surface area contributed by atoms with Crippen LogP contribution in [0.25, 0.3) is 0 Å². The summed E-state index contributed by atoms with van der Waals surface area (Å²) < 4.78 is 0. The smallest absolute Gasteiger partial charge is 0.117 e. The van der Waals surface area contributed by atoms with Crippen molar-refractivity contribution in [2.24, 2.45) is 5.73 Å². The SMILES string of the molecule is CC1=C(C)C(=N)C(=N)S1.CN. The summed E-state index contributed by atoms with van der Waals surface area (Å²) in [5, 5.41) is 14.9. The van der Waals surface area contributed by atoms with Gasteiger partial charge in [-0.3, -0.25) is 10.8 Å². The summed E-state index contributed by atoms with van der Waals surface area (Å²) >= 11 is 1.37. The highest BCUT2D eigenvalue weighted by molar-refractivity contribution is 8.19. The van der Waals surface area contributed by atoms with Gasteiger partial charge in [-0.25, -0.2) is 0 Å². The van der Waals surface area contributed by atoms with Crippen molar-refractivity contribution in [2.45, 2.75) is 13.8 Å². The van der Waals surface area contributed by atoms with Gasteiger partial charge in [0.1, 0.15) is 5.04 Å². The molecule has 0 bridgehead atoms. The third-order valence-corrected chi connectivity index (χ3v) is 2.41. The first-order valence-electron chi connectivity index (χ1n) is 3.24. The number of hydrogen-bond donors (Lipinski definition) is 3. The van der Waals surface area contributed by atoms with Crippen molar-refractivity contribution in [2.75, 3.05) is 7.05 Å². The van der Waals surface area contributed by atoms with Crippen LogP contribution < -0.4 is 5.73 Å². The minimum Gasteiger partial charge on any atom is -0.333 e. The van der Waals surface area contributed by atoms with E-state index >= 15 is 0 Å². The molecule has 0 atom stereocenters. The molecule has 0 aromatic heterocycles. The lowest BCUT2D eigenvalue weighted by Gasteiger charge is -1.88. The summed E-state index contributed by atoms with van der Waals surface area (Å²) in [5.41, 5.74) is 5.84. The summed E-state index contributed by atoms with van der Waals surface area (Å²) in [6.07, 6.45) is 0. The van der Waals surface area contributed by atoms with E-state index in [1.807, 2.05) is 13.8 Å². The number of allylic oxidation sites excluding steroid dienone is 2. The van der Waals surface area contributed by atoms with Crippen molar-refractivity contribution >= 4 is 22.5 Å². The lowest BCUT2D eigenvalue weighted by Crippen LogP contribution is -2.01. The van der Waals surface area contributed by atoms with E-state index in [1.165, 1.54) is 18.8 Å². The molecule has 3 nitrogen and oxygen atoms in total. The second kappa shape index (κ2) is 4.31. The topological polar surface area (TPSA) is 73.7 Å². The van der Waals surface area contributed by atoms with E-state index in [-0.39, 0.29) is 0 Å². The normalized spacial score (nSPS) is 16.7. The summed E-state index contributed by atoms with van der Waals surface area (Å²) in [7, 11) is 1.50. The van der Waals surface area contributed by atoms with Gasteiger partial charge in [0, 0.05) is 0 Å². The molecule has 0 saturated carbocycles. The molecule has 0 saturated heterocycles.